The summed E-state index contributed by atoms with van der Waals surface area (Å²) in [5.74, 6) is -1.33. The first kappa shape index (κ1) is 22.0. The lowest BCUT2D eigenvalue weighted by Crippen LogP contribution is -2.49. The van der Waals surface area contributed by atoms with Gasteiger partial charge in [-0.2, -0.15) is 13.2 Å². The van der Waals surface area contributed by atoms with Gasteiger partial charge in [-0.3, -0.25) is 19.8 Å². The molecule has 0 saturated carbocycles. The summed E-state index contributed by atoms with van der Waals surface area (Å²) in [6.45, 7) is -0.995. The van der Waals surface area contributed by atoms with Crippen LogP contribution in [0, 0.1) is 0 Å². The van der Waals surface area contributed by atoms with Crippen molar-refractivity contribution in [2.45, 2.75) is 25.1 Å². The molecule has 0 aliphatic carbocycles. The number of benzene rings is 1. The number of hydrogen-bond donors (Lipinski definition) is 3. The lowest BCUT2D eigenvalue weighted by atomic mass is 9.92. The van der Waals surface area contributed by atoms with Gasteiger partial charge in [0.1, 0.15) is 24.4 Å². The van der Waals surface area contributed by atoms with Crippen molar-refractivity contribution < 1.29 is 37.1 Å². The van der Waals surface area contributed by atoms with Gasteiger partial charge in [0, 0.05) is 6.42 Å². The number of carbonyl (C=O) groups excluding carboxylic acids is 4. The maximum Gasteiger partial charge on any atom is 0.405 e. The van der Waals surface area contributed by atoms with Crippen molar-refractivity contribution >= 4 is 23.9 Å². The van der Waals surface area contributed by atoms with Crippen molar-refractivity contribution in [3.63, 3.8) is 0 Å². The van der Waals surface area contributed by atoms with E-state index in [1.807, 2.05) is 0 Å². The van der Waals surface area contributed by atoms with Crippen LogP contribution < -0.4 is 20.7 Å². The Labute approximate surface area is 163 Å². The minimum absolute atomic E-state index is 0.0752. The monoisotopic (exact) mass is 416 g/mol. The Morgan fingerprint density at radius 3 is 2.52 bits per heavy atom. The van der Waals surface area contributed by atoms with Gasteiger partial charge in [0.15, 0.2) is 0 Å². The SMILES string of the molecule is COc1ccccc1C[C@]1(C)NC(=O)N(CC(=O)NC(=O)NCC(F)(F)F)C1=O. The zero-order valence-electron chi connectivity index (χ0n) is 15.6. The number of imide groups is 2. The van der Waals surface area contributed by atoms with Gasteiger partial charge in [-0.05, 0) is 18.6 Å². The fourth-order valence-corrected chi connectivity index (χ4v) is 2.77. The zero-order chi connectivity index (χ0) is 21.8. The molecule has 1 saturated heterocycles. The van der Waals surface area contributed by atoms with Gasteiger partial charge in [0.25, 0.3) is 5.91 Å². The highest BCUT2D eigenvalue weighted by molar-refractivity contribution is 6.09. The van der Waals surface area contributed by atoms with Crippen LogP contribution in [-0.2, 0) is 16.0 Å². The van der Waals surface area contributed by atoms with Crippen molar-refractivity contribution in [3.05, 3.63) is 29.8 Å². The van der Waals surface area contributed by atoms with Crippen molar-refractivity contribution in [2.75, 3.05) is 20.2 Å². The van der Waals surface area contributed by atoms with Crippen LogP contribution in [0.5, 0.6) is 5.75 Å². The highest BCUT2D eigenvalue weighted by Gasteiger charge is 2.48. The Bertz CT molecular complexity index is 830. The highest BCUT2D eigenvalue weighted by Crippen LogP contribution is 2.27. The zero-order valence-corrected chi connectivity index (χ0v) is 15.6. The number of urea groups is 2. The first-order chi connectivity index (χ1) is 13.4. The number of nitrogens with zero attached hydrogens (tertiary/aromatic N) is 1. The minimum atomic E-state index is -4.65. The smallest absolute Gasteiger partial charge is 0.405 e. The molecular formula is C17H19F3N4O5. The maximum absolute atomic E-state index is 12.7. The van der Waals surface area contributed by atoms with Crippen LogP contribution in [0.3, 0.4) is 0 Å². The summed E-state index contributed by atoms with van der Waals surface area (Å²) in [4.78, 5) is 48.6. The number of alkyl halides is 3. The number of ether oxygens (including phenoxy) is 1. The van der Waals surface area contributed by atoms with Crippen molar-refractivity contribution in [2.24, 2.45) is 0 Å². The molecule has 1 aromatic carbocycles. The molecular weight excluding hydrogens is 397 g/mol. The first-order valence-corrected chi connectivity index (χ1v) is 8.35. The molecule has 0 unspecified atom stereocenters. The molecule has 0 aromatic heterocycles. The average molecular weight is 416 g/mol. The number of amides is 6. The van der Waals surface area contributed by atoms with Gasteiger partial charge < -0.3 is 15.4 Å². The minimum Gasteiger partial charge on any atom is -0.496 e. The molecule has 12 heteroatoms. The lowest BCUT2D eigenvalue weighted by molar-refractivity contribution is -0.134. The number of carbonyl (C=O) groups is 4. The summed E-state index contributed by atoms with van der Waals surface area (Å²) in [5.41, 5.74) is -0.728. The molecule has 2 rings (SSSR count). The predicted molar refractivity (Wildman–Crippen MR) is 92.9 cm³/mol. The number of rotatable bonds is 6. The van der Waals surface area contributed by atoms with E-state index in [9.17, 15) is 32.3 Å². The molecule has 1 aromatic rings. The van der Waals surface area contributed by atoms with E-state index in [1.54, 1.807) is 29.6 Å². The molecule has 6 amide bonds. The van der Waals surface area contributed by atoms with Gasteiger partial charge in [0.2, 0.25) is 5.91 Å². The summed E-state index contributed by atoms with van der Waals surface area (Å²) >= 11 is 0. The summed E-state index contributed by atoms with van der Waals surface area (Å²) < 4.78 is 41.4. The van der Waals surface area contributed by atoms with Crippen molar-refractivity contribution in [3.8, 4) is 5.75 Å². The molecule has 1 aliphatic rings. The second-order valence-electron chi connectivity index (χ2n) is 6.49. The third kappa shape index (κ3) is 5.59. The maximum atomic E-state index is 12.7. The van der Waals surface area contributed by atoms with Crippen molar-refractivity contribution in [1.82, 2.24) is 20.9 Å². The fraction of sp³-hybridized carbons (Fsp3) is 0.412. The van der Waals surface area contributed by atoms with Gasteiger partial charge in [-0.1, -0.05) is 18.2 Å². The molecule has 1 fully saturated rings. The Morgan fingerprint density at radius 2 is 1.90 bits per heavy atom. The average Bonchev–Trinajstić information content (AvgIpc) is 2.83. The predicted octanol–water partition coefficient (Wildman–Crippen LogP) is 0.936. The highest BCUT2D eigenvalue weighted by atomic mass is 19.4. The van der Waals surface area contributed by atoms with E-state index < -0.39 is 48.7 Å². The topological polar surface area (TPSA) is 117 Å². The molecule has 3 N–H and O–H groups in total. The number of para-hydroxylation sites is 1. The molecule has 1 heterocycles. The van der Waals surface area contributed by atoms with E-state index in [0.717, 1.165) is 0 Å². The van der Waals surface area contributed by atoms with Gasteiger partial charge in [0.05, 0.1) is 7.11 Å². The van der Waals surface area contributed by atoms with Crippen molar-refractivity contribution in [1.29, 1.82) is 0 Å². The number of nitrogens with one attached hydrogen (secondary N) is 3. The second-order valence-corrected chi connectivity index (χ2v) is 6.49. The van der Waals surface area contributed by atoms with Crippen LogP contribution in [0.4, 0.5) is 22.8 Å². The first-order valence-electron chi connectivity index (χ1n) is 8.35. The Balaban J connectivity index is 2.01. The Hall–Kier alpha value is -3.31. The van der Waals surface area contributed by atoms with Crippen LogP contribution in [0.2, 0.25) is 0 Å². The number of hydrogen-bond acceptors (Lipinski definition) is 5. The van der Waals surface area contributed by atoms with E-state index in [1.165, 1.54) is 19.4 Å². The van der Waals surface area contributed by atoms with E-state index in [0.29, 0.717) is 16.2 Å². The molecule has 1 atom stereocenters. The van der Waals surface area contributed by atoms with Gasteiger partial charge >= 0.3 is 18.2 Å². The Kier molecular flexibility index (Phi) is 6.34. The quantitative estimate of drug-likeness (QED) is 0.597. The van der Waals surface area contributed by atoms with E-state index >= 15 is 0 Å². The standard InChI is InChI=1S/C17H19F3N4O5/c1-16(7-10-5-3-4-6-11(10)29-2)13(26)24(15(28)23-16)8-12(25)22-14(27)21-9-17(18,19)20/h3-6H,7-9H2,1-2H3,(H,23,28)(H2,21,22,25,27)/t16-/m0/s1. The van der Waals surface area contributed by atoms with E-state index in [4.69, 9.17) is 4.74 Å². The molecule has 0 radical (unpaired) electrons. The van der Waals surface area contributed by atoms with Crippen LogP contribution >= 0.6 is 0 Å². The van der Waals surface area contributed by atoms with Crippen LogP contribution in [-0.4, -0.2) is 60.7 Å². The molecule has 1 aliphatic heterocycles. The Morgan fingerprint density at radius 1 is 1.24 bits per heavy atom. The van der Waals surface area contributed by atoms with Gasteiger partial charge in [-0.15, -0.1) is 0 Å². The summed E-state index contributed by atoms with van der Waals surface area (Å²) in [5, 5.41) is 5.57. The third-order valence-electron chi connectivity index (χ3n) is 4.09. The van der Waals surface area contributed by atoms with Crippen LogP contribution in [0.1, 0.15) is 12.5 Å². The third-order valence-corrected chi connectivity index (χ3v) is 4.09. The lowest BCUT2D eigenvalue weighted by Gasteiger charge is -2.22. The summed E-state index contributed by atoms with van der Waals surface area (Å²) in [6, 6.07) is 4.61. The second kappa shape index (κ2) is 8.37. The normalized spacial score (nSPS) is 19.0. The number of halogens is 3. The molecule has 29 heavy (non-hydrogen) atoms. The number of methoxy groups -OCH3 is 1. The van der Waals surface area contributed by atoms with Gasteiger partial charge in [-0.25, -0.2) is 9.59 Å². The largest absolute Gasteiger partial charge is 0.496 e. The molecule has 0 bridgehead atoms. The van der Waals surface area contributed by atoms with Crippen LogP contribution in [0.15, 0.2) is 24.3 Å². The van der Waals surface area contributed by atoms with E-state index in [2.05, 4.69) is 5.32 Å². The summed E-state index contributed by atoms with van der Waals surface area (Å²) in [6.07, 6.45) is -4.57. The van der Waals surface area contributed by atoms with E-state index in [-0.39, 0.29) is 6.42 Å². The fourth-order valence-electron chi connectivity index (χ4n) is 2.77. The summed E-state index contributed by atoms with van der Waals surface area (Å²) in [7, 11) is 1.46. The molecule has 0 spiro atoms. The van der Waals surface area contributed by atoms with Crippen LogP contribution in [0.25, 0.3) is 0 Å². The molecule has 9 nitrogen and oxygen atoms in total. The molecule has 158 valence electrons.